The SMILES string of the molecule is CN(C)c1ccnc(N2CCC(CC(=O)NCC(F)F)CC2)n1. The number of alkyl halides is 2. The Bertz CT molecular complexity index is 518. The van der Waals surface area contributed by atoms with E-state index in [-0.39, 0.29) is 11.8 Å². The summed E-state index contributed by atoms with van der Waals surface area (Å²) in [7, 11) is 3.85. The minimum Gasteiger partial charge on any atom is -0.363 e. The average Bonchev–Trinajstić information content (AvgIpc) is 2.54. The third-order valence-corrected chi connectivity index (χ3v) is 3.91. The molecule has 8 heteroatoms. The lowest BCUT2D eigenvalue weighted by atomic mass is 9.93. The van der Waals surface area contributed by atoms with Crippen LogP contribution in [-0.4, -0.2) is 56.0 Å². The quantitative estimate of drug-likeness (QED) is 0.859. The molecule has 1 aliphatic rings. The number of halogens is 2. The molecule has 1 aromatic heterocycles. The second-order valence-corrected chi connectivity index (χ2v) is 5.94. The van der Waals surface area contributed by atoms with E-state index < -0.39 is 13.0 Å². The number of carbonyl (C=O) groups excluding carboxylic acids is 1. The summed E-state index contributed by atoms with van der Waals surface area (Å²) in [5, 5.41) is 2.26. The van der Waals surface area contributed by atoms with Crippen molar-refractivity contribution < 1.29 is 13.6 Å². The monoisotopic (exact) mass is 327 g/mol. The van der Waals surface area contributed by atoms with Crippen molar-refractivity contribution in [3.8, 4) is 0 Å². The summed E-state index contributed by atoms with van der Waals surface area (Å²) in [6.45, 7) is 0.968. The van der Waals surface area contributed by atoms with Gasteiger partial charge in [0.25, 0.3) is 6.43 Å². The molecule has 1 saturated heterocycles. The number of nitrogens with one attached hydrogen (secondary N) is 1. The number of rotatable bonds is 6. The molecule has 23 heavy (non-hydrogen) atoms. The molecular weight excluding hydrogens is 304 g/mol. The molecule has 1 N–H and O–H groups in total. The molecular formula is C15H23F2N5O. The number of piperidine rings is 1. The number of hydrogen-bond acceptors (Lipinski definition) is 5. The van der Waals surface area contributed by atoms with Crippen molar-refractivity contribution in [1.82, 2.24) is 15.3 Å². The third kappa shape index (κ3) is 5.30. The van der Waals surface area contributed by atoms with Gasteiger partial charge in [-0.25, -0.2) is 13.8 Å². The van der Waals surface area contributed by atoms with Crippen molar-refractivity contribution in [2.75, 3.05) is 43.5 Å². The second kappa shape index (κ2) is 8.03. The summed E-state index contributed by atoms with van der Waals surface area (Å²) < 4.78 is 24.1. The highest BCUT2D eigenvalue weighted by molar-refractivity contribution is 5.76. The number of anilines is 2. The van der Waals surface area contributed by atoms with Gasteiger partial charge in [0.05, 0.1) is 6.54 Å². The van der Waals surface area contributed by atoms with Crippen molar-refractivity contribution in [2.24, 2.45) is 5.92 Å². The number of amides is 1. The van der Waals surface area contributed by atoms with Crippen LogP contribution in [0.15, 0.2) is 12.3 Å². The van der Waals surface area contributed by atoms with Gasteiger partial charge in [-0.3, -0.25) is 4.79 Å². The van der Waals surface area contributed by atoms with Gasteiger partial charge in [-0.15, -0.1) is 0 Å². The molecule has 0 unspecified atom stereocenters. The van der Waals surface area contributed by atoms with Gasteiger partial charge in [0.2, 0.25) is 11.9 Å². The number of carbonyl (C=O) groups is 1. The van der Waals surface area contributed by atoms with Crippen molar-refractivity contribution in [2.45, 2.75) is 25.7 Å². The first kappa shape index (κ1) is 17.4. The van der Waals surface area contributed by atoms with Crippen LogP contribution in [0.2, 0.25) is 0 Å². The van der Waals surface area contributed by atoms with Gasteiger partial charge in [0.15, 0.2) is 0 Å². The predicted octanol–water partition coefficient (Wildman–Crippen LogP) is 1.53. The molecule has 0 saturated carbocycles. The van der Waals surface area contributed by atoms with E-state index in [0.29, 0.717) is 12.4 Å². The van der Waals surface area contributed by atoms with Gasteiger partial charge in [-0.05, 0) is 24.8 Å². The van der Waals surface area contributed by atoms with Crippen molar-refractivity contribution in [1.29, 1.82) is 0 Å². The number of hydrogen-bond donors (Lipinski definition) is 1. The molecule has 128 valence electrons. The van der Waals surface area contributed by atoms with E-state index in [4.69, 9.17) is 0 Å². The highest BCUT2D eigenvalue weighted by atomic mass is 19.3. The average molecular weight is 327 g/mol. The Hall–Kier alpha value is -1.99. The fraction of sp³-hybridized carbons (Fsp3) is 0.667. The minimum atomic E-state index is -2.50. The highest BCUT2D eigenvalue weighted by Gasteiger charge is 2.23. The summed E-state index contributed by atoms with van der Waals surface area (Å²) >= 11 is 0. The topological polar surface area (TPSA) is 61.4 Å². The molecule has 0 radical (unpaired) electrons. The molecule has 2 rings (SSSR count). The molecule has 6 nitrogen and oxygen atoms in total. The standard InChI is InChI=1S/C15H23F2N5O/c1-21(2)13-3-6-18-15(20-13)22-7-4-11(5-8-22)9-14(23)19-10-12(16)17/h3,6,11-12H,4-5,7-10H2,1-2H3,(H,19,23). The Balaban J connectivity index is 1.82. The lowest BCUT2D eigenvalue weighted by molar-refractivity contribution is -0.122. The smallest absolute Gasteiger partial charge is 0.255 e. The van der Waals surface area contributed by atoms with Gasteiger partial charge < -0.3 is 15.1 Å². The number of aromatic nitrogens is 2. The van der Waals surface area contributed by atoms with Gasteiger partial charge in [0, 0.05) is 39.8 Å². The van der Waals surface area contributed by atoms with Crippen LogP contribution >= 0.6 is 0 Å². The lowest BCUT2D eigenvalue weighted by Crippen LogP contribution is -2.37. The lowest BCUT2D eigenvalue weighted by Gasteiger charge is -2.32. The van der Waals surface area contributed by atoms with Crippen LogP contribution in [0.25, 0.3) is 0 Å². The zero-order chi connectivity index (χ0) is 16.8. The Morgan fingerprint density at radius 1 is 1.43 bits per heavy atom. The highest BCUT2D eigenvalue weighted by Crippen LogP contribution is 2.23. The molecule has 0 aliphatic carbocycles. The first-order valence-corrected chi connectivity index (χ1v) is 7.76. The molecule has 1 amide bonds. The van der Waals surface area contributed by atoms with E-state index in [1.807, 2.05) is 25.1 Å². The van der Waals surface area contributed by atoms with Crippen molar-refractivity contribution in [3.05, 3.63) is 12.3 Å². The van der Waals surface area contributed by atoms with E-state index in [9.17, 15) is 13.6 Å². The fourth-order valence-corrected chi connectivity index (χ4v) is 2.60. The normalized spacial score (nSPS) is 15.8. The van der Waals surface area contributed by atoms with Gasteiger partial charge in [-0.1, -0.05) is 0 Å². The maximum Gasteiger partial charge on any atom is 0.255 e. The van der Waals surface area contributed by atoms with E-state index in [1.165, 1.54) is 0 Å². The summed E-state index contributed by atoms with van der Waals surface area (Å²) in [5.41, 5.74) is 0. The molecule has 0 aromatic carbocycles. The fourth-order valence-electron chi connectivity index (χ4n) is 2.60. The first-order chi connectivity index (χ1) is 11.0. The maximum absolute atomic E-state index is 12.1. The summed E-state index contributed by atoms with van der Waals surface area (Å²) in [6.07, 6.45) is 1.21. The Kier molecular flexibility index (Phi) is 6.06. The maximum atomic E-state index is 12.1. The molecule has 1 aliphatic heterocycles. The summed E-state index contributed by atoms with van der Waals surface area (Å²) in [6, 6.07) is 1.85. The molecule has 1 fully saturated rings. The van der Waals surface area contributed by atoms with E-state index in [1.54, 1.807) is 6.20 Å². The van der Waals surface area contributed by atoms with Crippen LogP contribution in [0.3, 0.4) is 0 Å². The first-order valence-electron chi connectivity index (χ1n) is 7.76. The molecule has 0 spiro atoms. The van der Waals surface area contributed by atoms with Gasteiger partial charge in [-0.2, -0.15) is 4.98 Å². The molecule has 2 heterocycles. The van der Waals surface area contributed by atoms with Crippen LogP contribution in [-0.2, 0) is 4.79 Å². The van der Waals surface area contributed by atoms with Crippen LogP contribution in [0, 0.1) is 5.92 Å². The zero-order valence-electron chi connectivity index (χ0n) is 13.5. The van der Waals surface area contributed by atoms with Crippen LogP contribution in [0.5, 0.6) is 0 Å². The Labute approximate surface area is 134 Å². The van der Waals surface area contributed by atoms with E-state index >= 15 is 0 Å². The van der Waals surface area contributed by atoms with Gasteiger partial charge >= 0.3 is 0 Å². The number of nitrogens with zero attached hydrogens (tertiary/aromatic N) is 4. The summed E-state index contributed by atoms with van der Waals surface area (Å²) in [4.78, 5) is 24.4. The second-order valence-electron chi connectivity index (χ2n) is 5.94. The van der Waals surface area contributed by atoms with Crippen molar-refractivity contribution >= 4 is 17.7 Å². The van der Waals surface area contributed by atoms with E-state index in [0.717, 1.165) is 31.7 Å². The summed E-state index contributed by atoms with van der Waals surface area (Å²) in [5.74, 6) is 1.47. The molecule has 0 bridgehead atoms. The minimum absolute atomic E-state index is 0.223. The molecule has 0 atom stereocenters. The Morgan fingerprint density at radius 3 is 2.74 bits per heavy atom. The van der Waals surface area contributed by atoms with E-state index in [2.05, 4.69) is 20.2 Å². The predicted molar refractivity (Wildman–Crippen MR) is 84.9 cm³/mol. The Morgan fingerprint density at radius 2 is 2.13 bits per heavy atom. The molecule has 1 aromatic rings. The zero-order valence-corrected chi connectivity index (χ0v) is 13.5. The van der Waals surface area contributed by atoms with Crippen LogP contribution < -0.4 is 15.1 Å². The van der Waals surface area contributed by atoms with Crippen LogP contribution in [0.1, 0.15) is 19.3 Å². The third-order valence-electron chi connectivity index (χ3n) is 3.91. The van der Waals surface area contributed by atoms with Gasteiger partial charge in [0.1, 0.15) is 5.82 Å². The van der Waals surface area contributed by atoms with Crippen LogP contribution in [0.4, 0.5) is 20.5 Å². The largest absolute Gasteiger partial charge is 0.363 e. The van der Waals surface area contributed by atoms with Crippen molar-refractivity contribution in [3.63, 3.8) is 0 Å².